The van der Waals surface area contributed by atoms with Gasteiger partial charge in [0.1, 0.15) is 0 Å². The van der Waals surface area contributed by atoms with Crippen LogP contribution in [0.1, 0.15) is 32.0 Å². The molecule has 0 saturated carbocycles. The van der Waals surface area contributed by atoms with Gasteiger partial charge in [0.2, 0.25) is 5.91 Å². The molecule has 0 unspecified atom stereocenters. The summed E-state index contributed by atoms with van der Waals surface area (Å²) in [7, 11) is 0. The molecular weight excluding hydrogens is 334 g/mol. The maximum atomic E-state index is 12.4. The zero-order valence-corrected chi connectivity index (χ0v) is 16.2. The van der Waals surface area contributed by atoms with Crippen LogP contribution in [0.2, 0.25) is 5.02 Å². The highest BCUT2D eigenvalue weighted by atomic mass is 35.5. The Kier molecular flexibility index (Phi) is 5.03. The number of rotatable bonds is 2. The van der Waals surface area contributed by atoms with Crippen molar-refractivity contribution in [1.29, 1.82) is 0 Å². The number of carbonyl (C=O) groups is 1. The fraction of sp³-hybridized carbons (Fsp3) is 0.500. The van der Waals surface area contributed by atoms with Crippen LogP contribution in [0.25, 0.3) is 10.9 Å². The molecule has 1 fully saturated rings. The molecule has 1 aromatic carbocycles. The summed E-state index contributed by atoms with van der Waals surface area (Å²) in [4.78, 5) is 21.5. The molecule has 2 aromatic rings. The number of hydrogen-bond acceptors (Lipinski definition) is 3. The number of amides is 1. The van der Waals surface area contributed by atoms with Gasteiger partial charge in [-0.1, -0.05) is 50.6 Å². The van der Waals surface area contributed by atoms with E-state index in [4.69, 9.17) is 16.6 Å². The maximum absolute atomic E-state index is 12.4. The van der Waals surface area contributed by atoms with Gasteiger partial charge in [-0.3, -0.25) is 9.69 Å². The lowest BCUT2D eigenvalue weighted by molar-refractivity contribution is -0.141. The van der Waals surface area contributed by atoms with Gasteiger partial charge in [0, 0.05) is 43.5 Å². The van der Waals surface area contributed by atoms with Crippen molar-refractivity contribution in [3.05, 3.63) is 40.5 Å². The zero-order valence-electron chi connectivity index (χ0n) is 15.5. The van der Waals surface area contributed by atoms with Gasteiger partial charge in [0.05, 0.1) is 16.2 Å². The van der Waals surface area contributed by atoms with Gasteiger partial charge < -0.3 is 4.90 Å². The van der Waals surface area contributed by atoms with E-state index < -0.39 is 0 Å². The SMILES string of the molecule is Cc1c(Cl)c(CN2CCN(C(=O)C(C)(C)C)CC2)nc2ccccc12. The van der Waals surface area contributed by atoms with Crippen molar-refractivity contribution >= 4 is 28.4 Å². The third-order valence-electron chi connectivity index (χ3n) is 4.82. The predicted octanol–water partition coefficient (Wildman–Crippen LogP) is 3.89. The number of halogens is 1. The molecule has 1 aromatic heterocycles. The summed E-state index contributed by atoms with van der Waals surface area (Å²) in [6.07, 6.45) is 0. The van der Waals surface area contributed by atoms with Crippen LogP contribution in [0, 0.1) is 12.3 Å². The Hall–Kier alpha value is -1.65. The summed E-state index contributed by atoms with van der Waals surface area (Å²) in [6.45, 7) is 11.9. The largest absolute Gasteiger partial charge is 0.340 e. The lowest BCUT2D eigenvalue weighted by Gasteiger charge is -2.37. The number of nitrogens with zero attached hydrogens (tertiary/aromatic N) is 3. The molecule has 0 radical (unpaired) electrons. The van der Waals surface area contributed by atoms with Crippen LogP contribution >= 0.6 is 11.6 Å². The summed E-state index contributed by atoms with van der Waals surface area (Å²) in [5, 5.41) is 1.86. The van der Waals surface area contributed by atoms with E-state index in [2.05, 4.69) is 17.9 Å². The van der Waals surface area contributed by atoms with Crippen molar-refractivity contribution < 1.29 is 4.79 Å². The third kappa shape index (κ3) is 3.80. The Morgan fingerprint density at radius 2 is 1.80 bits per heavy atom. The molecule has 0 spiro atoms. The first-order chi connectivity index (χ1) is 11.8. The Labute approximate surface area is 154 Å². The van der Waals surface area contributed by atoms with Crippen molar-refractivity contribution in [3.8, 4) is 0 Å². The summed E-state index contributed by atoms with van der Waals surface area (Å²) in [5.41, 5.74) is 2.68. The summed E-state index contributed by atoms with van der Waals surface area (Å²) < 4.78 is 0. The Bertz CT molecular complexity index is 789. The highest BCUT2D eigenvalue weighted by molar-refractivity contribution is 6.32. The fourth-order valence-corrected chi connectivity index (χ4v) is 3.52. The Morgan fingerprint density at radius 1 is 1.16 bits per heavy atom. The van der Waals surface area contributed by atoms with Crippen molar-refractivity contribution in [2.45, 2.75) is 34.2 Å². The molecule has 1 aliphatic heterocycles. The molecule has 0 N–H and O–H groups in total. The second-order valence-electron chi connectivity index (χ2n) is 7.83. The van der Waals surface area contributed by atoms with Crippen LogP contribution in [-0.2, 0) is 11.3 Å². The van der Waals surface area contributed by atoms with Gasteiger partial charge in [-0.05, 0) is 18.6 Å². The predicted molar refractivity (Wildman–Crippen MR) is 103 cm³/mol. The van der Waals surface area contributed by atoms with E-state index in [1.807, 2.05) is 43.9 Å². The number of hydrogen-bond donors (Lipinski definition) is 0. The smallest absolute Gasteiger partial charge is 0.228 e. The van der Waals surface area contributed by atoms with E-state index in [0.29, 0.717) is 0 Å². The van der Waals surface area contributed by atoms with Crippen LogP contribution in [0.4, 0.5) is 0 Å². The first kappa shape index (κ1) is 18.2. The lowest BCUT2D eigenvalue weighted by Crippen LogP contribution is -2.51. The average molecular weight is 360 g/mol. The minimum atomic E-state index is -0.317. The molecule has 1 amide bonds. The van der Waals surface area contributed by atoms with Gasteiger partial charge in [-0.15, -0.1) is 0 Å². The van der Waals surface area contributed by atoms with E-state index in [0.717, 1.165) is 59.9 Å². The van der Waals surface area contributed by atoms with Gasteiger partial charge in [-0.25, -0.2) is 4.98 Å². The number of aromatic nitrogens is 1. The van der Waals surface area contributed by atoms with E-state index >= 15 is 0 Å². The topological polar surface area (TPSA) is 36.4 Å². The second-order valence-corrected chi connectivity index (χ2v) is 8.21. The minimum Gasteiger partial charge on any atom is -0.340 e. The number of para-hydroxylation sites is 1. The summed E-state index contributed by atoms with van der Waals surface area (Å²) in [5.74, 6) is 0.227. The standard InChI is InChI=1S/C20H26ClN3O/c1-14-15-7-5-6-8-16(15)22-17(18(14)21)13-23-9-11-24(12-10-23)19(25)20(2,3)4/h5-8H,9-13H2,1-4H3. The van der Waals surface area contributed by atoms with Crippen molar-refractivity contribution in [1.82, 2.24) is 14.8 Å². The van der Waals surface area contributed by atoms with E-state index in [9.17, 15) is 4.79 Å². The summed E-state index contributed by atoms with van der Waals surface area (Å²) in [6, 6.07) is 8.11. The van der Waals surface area contributed by atoms with E-state index in [1.165, 1.54) is 0 Å². The monoisotopic (exact) mass is 359 g/mol. The van der Waals surface area contributed by atoms with Crippen LogP contribution in [0.15, 0.2) is 24.3 Å². The Morgan fingerprint density at radius 3 is 2.44 bits per heavy atom. The first-order valence-corrected chi connectivity index (χ1v) is 9.20. The molecule has 1 saturated heterocycles. The van der Waals surface area contributed by atoms with Crippen molar-refractivity contribution in [2.24, 2.45) is 5.41 Å². The van der Waals surface area contributed by atoms with Gasteiger partial charge >= 0.3 is 0 Å². The number of benzene rings is 1. The first-order valence-electron chi connectivity index (χ1n) is 8.83. The molecular formula is C20H26ClN3O. The molecule has 3 rings (SSSR count). The quantitative estimate of drug-likeness (QED) is 0.816. The van der Waals surface area contributed by atoms with Crippen LogP contribution in [0.3, 0.4) is 0 Å². The van der Waals surface area contributed by atoms with Crippen LogP contribution in [0.5, 0.6) is 0 Å². The number of fused-ring (bicyclic) bond motifs is 1. The Balaban J connectivity index is 1.71. The van der Waals surface area contributed by atoms with Crippen LogP contribution < -0.4 is 0 Å². The molecule has 134 valence electrons. The second kappa shape index (κ2) is 6.93. The van der Waals surface area contributed by atoms with Crippen LogP contribution in [-0.4, -0.2) is 46.9 Å². The molecule has 5 heteroatoms. The third-order valence-corrected chi connectivity index (χ3v) is 5.32. The number of pyridine rings is 1. The number of aryl methyl sites for hydroxylation is 1. The highest BCUT2D eigenvalue weighted by Crippen LogP contribution is 2.28. The van der Waals surface area contributed by atoms with Crippen molar-refractivity contribution in [2.75, 3.05) is 26.2 Å². The molecule has 25 heavy (non-hydrogen) atoms. The molecule has 4 nitrogen and oxygen atoms in total. The van der Waals surface area contributed by atoms with Gasteiger partial charge in [0.25, 0.3) is 0 Å². The highest BCUT2D eigenvalue weighted by Gasteiger charge is 2.29. The normalized spacial score (nSPS) is 16.4. The average Bonchev–Trinajstić information content (AvgIpc) is 2.59. The van der Waals surface area contributed by atoms with E-state index in [-0.39, 0.29) is 11.3 Å². The molecule has 2 heterocycles. The zero-order chi connectivity index (χ0) is 18.2. The number of piperazine rings is 1. The van der Waals surface area contributed by atoms with Gasteiger partial charge in [-0.2, -0.15) is 0 Å². The fourth-order valence-electron chi connectivity index (χ4n) is 3.32. The molecule has 0 aliphatic carbocycles. The minimum absolute atomic E-state index is 0.227. The van der Waals surface area contributed by atoms with Crippen molar-refractivity contribution in [3.63, 3.8) is 0 Å². The molecule has 1 aliphatic rings. The van der Waals surface area contributed by atoms with Gasteiger partial charge in [0.15, 0.2) is 0 Å². The maximum Gasteiger partial charge on any atom is 0.228 e. The lowest BCUT2D eigenvalue weighted by atomic mass is 9.94. The number of carbonyl (C=O) groups excluding carboxylic acids is 1. The van der Waals surface area contributed by atoms with E-state index in [1.54, 1.807) is 0 Å². The molecule has 0 atom stereocenters. The summed E-state index contributed by atoms with van der Waals surface area (Å²) >= 11 is 6.58. The molecule has 0 bridgehead atoms.